The number of thiazole rings is 1. The van der Waals surface area contributed by atoms with Crippen molar-refractivity contribution in [3.05, 3.63) is 47.5 Å². The molecule has 130 valence electrons. The third-order valence-electron chi connectivity index (χ3n) is 3.68. The number of aromatic nitrogens is 1. The zero-order valence-corrected chi connectivity index (χ0v) is 15.3. The SMILES string of the molecule is CCOc1cccc2sc(NC(=O)COc3c(C)cccc3C)nc12. The number of nitrogens with zero attached hydrogens (tertiary/aromatic N) is 1. The highest BCUT2D eigenvalue weighted by Gasteiger charge is 2.12. The molecule has 0 fully saturated rings. The van der Waals surface area contributed by atoms with Crippen LogP contribution in [0.25, 0.3) is 10.2 Å². The lowest BCUT2D eigenvalue weighted by atomic mass is 10.1. The number of amides is 1. The van der Waals surface area contributed by atoms with E-state index < -0.39 is 0 Å². The molecule has 1 aromatic heterocycles. The quantitative estimate of drug-likeness (QED) is 0.714. The number of anilines is 1. The normalized spacial score (nSPS) is 10.7. The summed E-state index contributed by atoms with van der Waals surface area (Å²) in [5, 5.41) is 3.34. The Labute approximate surface area is 150 Å². The smallest absolute Gasteiger partial charge is 0.264 e. The minimum Gasteiger partial charge on any atom is -0.492 e. The van der Waals surface area contributed by atoms with Gasteiger partial charge in [0.25, 0.3) is 5.91 Å². The van der Waals surface area contributed by atoms with Crippen LogP contribution >= 0.6 is 11.3 Å². The number of carbonyl (C=O) groups is 1. The molecule has 0 atom stereocenters. The van der Waals surface area contributed by atoms with E-state index in [9.17, 15) is 4.79 Å². The van der Waals surface area contributed by atoms with Crippen molar-refractivity contribution in [3.8, 4) is 11.5 Å². The molecule has 0 radical (unpaired) electrons. The first-order chi connectivity index (χ1) is 12.1. The molecule has 0 unspecified atom stereocenters. The van der Waals surface area contributed by atoms with Crippen LogP contribution < -0.4 is 14.8 Å². The second kappa shape index (κ2) is 7.53. The number of hydrogen-bond acceptors (Lipinski definition) is 5. The Morgan fingerprint density at radius 2 is 1.84 bits per heavy atom. The summed E-state index contributed by atoms with van der Waals surface area (Å²) in [6.07, 6.45) is 0. The van der Waals surface area contributed by atoms with Gasteiger partial charge in [-0.1, -0.05) is 35.6 Å². The molecule has 1 heterocycles. The molecule has 0 saturated heterocycles. The van der Waals surface area contributed by atoms with E-state index in [1.807, 2.05) is 57.2 Å². The summed E-state index contributed by atoms with van der Waals surface area (Å²) in [6, 6.07) is 11.6. The predicted octanol–water partition coefficient (Wildman–Crippen LogP) is 4.33. The molecule has 1 N–H and O–H groups in total. The highest BCUT2D eigenvalue weighted by atomic mass is 32.1. The van der Waals surface area contributed by atoms with Gasteiger partial charge in [-0.25, -0.2) is 4.98 Å². The van der Waals surface area contributed by atoms with E-state index in [1.165, 1.54) is 11.3 Å². The first-order valence-corrected chi connectivity index (χ1v) is 8.91. The molecule has 2 aromatic carbocycles. The molecule has 5 nitrogen and oxygen atoms in total. The van der Waals surface area contributed by atoms with Crippen LogP contribution in [0.15, 0.2) is 36.4 Å². The van der Waals surface area contributed by atoms with Crippen LogP contribution in [0.1, 0.15) is 18.1 Å². The lowest BCUT2D eigenvalue weighted by Crippen LogP contribution is -2.20. The summed E-state index contributed by atoms with van der Waals surface area (Å²) in [4.78, 5) is 16.7. The van der Waals surface area contributed by atoms with Gasteiger partial charge < -0.3 is 9.47 Å². The van der Waals surface area contributed by atoms with Crippen molar-refractivity contribution in [1.29, 1.82) is 0 Å². The second-order valence-electron chi connectivity index (χ2n) is 5.61. The Morgan fingerprint density at radius 3 is 2.56 bits per heavy atom. The van der Waals surface area contributed by atoms with Gasteiger partial charge in [-0.05, 0) is 44.0 Å². The van der Waals surface area contributed by atoms with Gasteiger partial charge >= 0.3 is 0 Å². The highest BCUT2D eigenvalue weighted by Crippen LogP contribution is 2.32. The van der Waals surface area contributed by atoms with Gasteiger partial charge in [0.05, 0.1) is 11.3 Å². The third kappa shape index (κ3) is 3.91. The van der Waals surface area contributed by atoms with Crippen LogP contribution in [0.3, 0.4) is 0 Å². The van der Waals surface area contributed by atoms with Gasteiger partial charge in [0.2, 0.25) is 0 Å². The van der Waals surface area contributed by atoms with E-state index in [0.717, 1.165) is 32.8 Å². The molecule has 6 heteroatoms. The summed E-state index contributed by atoms with van der Waals surface area (Å²) in [7, 11) is 0. The first-order valence-electron chi connectivity index (χ1n) is 8.09. The third-order valence-corrected chi connectivity index (χ3v) is 4.62. The molecule has 0 aliphatic rings. The van der Waals surface area contributed by atoms with E-state index in [1.54, 1.807) is 0 Å². The maximum Gasteiger partial charge on any atom is 0.264 e. The zero-order chi connectivity index (χ0) is 17.8. The number of aryl methyl sites for hydroxylation is 2. The van der Waals surface area contributed by atoms with Crippen LogP contribution in [-0.4, -0.2) is 24.1 Å². The number of fused-ring (bicyclic) bond motifs is 1. The van der Waals surface area contributed by atoms with Crippen molar-refractivity contribution < 1.29 is 14.3 Å². The number of benzene rings is 2. The summed E-state index contributed by atoms with van der Waals surface area (Å²) in [5.74, 6) is 1.24. The number of para-hydroxylation sites is 2. The van der Waals surface area contributed by atoms with E-state index in [-0.39, 0.29) is 12.5 Å². The number of hydrogen-bond donors (Lipinski definition) is 1. The van der Waals surface area contributed by atoms with Crippen LogP contribution in [0.5, 0.6) is 11.5 Å². The largest absolute Gasteiger partial charge is 0.492 e. The topological polar surface area (TPSA) is 60.5 Å². The first kappa shape index (κ1) is 17.2. The predicted molar refractivity (Wildman–Crippen MR) is 101 cm³/mol. The minimum absolute atomic E-state index is 0.0556. The molecular formula is C19H20N2O3S. The van der Waals surface area contributed by atoms with Crippen molar-refractivity contribution in [1.82, 2.24) is 4.98 Å². The van der Waals surface area contributed by atoms with Gasteiger partial charge in [0.15, 0.2) is 11.7 Å². The second-order valence-corrected chi connectivity index (χ2v) is 6.64. The number of nitrogens with one attached hydrogen (secondary N) is 1. The lowest BCUT2D eigenvalue weighted by Gasteiger charge is -2.11. The van der Waals surface area contributed by atoms with Crippen LogP contribution in [0.4, 0.5) is 5.13 Å². The summed E-state index contributed by atoms with van der Waals surface area (Å²) >= 11 is 1.41. The molecule has 3 aromatic rings. The van der Waals surface area contributed by atoms with Crippen LogP contribution in [0.2, 0.25) is 0 Å². The van der Waals surface area contributed by atoms with E-state index in [0.29, 0.717) is 11.7 Å². The zero-order valence-electron chi connectivity index (χ0n) is 14.5. The van der Waals surface area contributed by atoms with Gasteiger partial charge in [-0.3, -0.25) is 10.1 Å². The molecule has 0 aliphatic carbocycles. The van der Waals surface area contributed by atoms with Crippen LogP contribution in [-0.2, 0) is 4.79 Å². The highest BCUT2D eigenvalue weighted by molar-refractivity contribution is 7.22. The van der Waals surface area contributed by atoms with Crippen molar-refractivity contribution in [2.75, 3.05) is 18.5 Å². The van der Waals surface area contributed by atoms with Gasteiger partial charge in [-0.2, -0.15) is 0 Å². The monoisotopic (exact) mass is 356 g/mol. The minimum atomic E-state index is -0.236. The fourth-order valence-corrected chi connectivity index (χ4v) is 3.47. The average molecular weight is 356 g/mol. The Kier molecular flexibility index (Phi) is 5.19. The van der Waals surface area contributed by atoms with E-state index in [4.69, 9.17) is 9.47 Å². The maximum atomic E-state index is 12.2. The Bertz CT molecular complexity index is 885. The molecular weight excluding hydrogens is 336 g/mol. The van der Waals surface area contributed by atoms with Gasteiger partial charge in [0.1, 0.15) is 17.0 Å². The number of rotatable bonds is 6. The number of ether oxygens (including phenoxy) is 2. The molecule has 0 bridgehead atoms. The molecule has 3 rings (SSSR count). The summed E-state index contributed by atoms with van der Waals surface area (Å²) in [6.45, 7) is 6.37. The number of carbonyl (C=O) groups excluding carboxylic acids is 1. The standard InChI is InChI=1S/C19H20N2O3S/c1-4-23-14-9-6-10-15-17(14)21-19(25-15)20-16(22)11-24-18-12(2)7-5-8-13(18)3/h5-10H,4,11H2,1-3H3,(H,20,21,22). The molecule has 1 amide bonds. The van der Waals surface area contributed by atoms with Crippen LogP contribution in [0, 0.1) is 13.8 Å². The van der Waals surface area contributed by atoms with Crippen molar-refractivity contribution in [2.45, 2.75) is 20.8 Å². The Morgan fingerprint density at radius 1 is 1.12 bits per heavy atom. The fourth-order valence-electron chi connectivity index (χ4n) is 2.57. The molecule has 0 spiro atoms. The van der Waals surface area contributed by atoms with E-state index >= 15 is 0 Å². The van der Waals surface area contributed by atoms with Crippen molar-refractivity contribution in [2.24, 2.45) is 0 Å². The van der Waals surface area contributed by atoms with Gasteiger partial charge in [-0.15, -0.1) is 0 Å². The molecule has 0 aliphatic heterocycles. The Balaban J connectivity index is 1.69. The lowest BCUT2D eigenvalue weighted by molar-refractivity contribution is -0.118. The molecule has 25 heavy (non-hydrogen) atoms. The Hall–Kier alpha value is -2.60. The van der Waals surface area contributed by atoms with Crippen molar-refractivity contribution in [3.63, 3.8) is 0 Å². The fraction of sp³-hybridized carbons (Fsp3) is 0.263. The summed E-state index contributed by atoms with van der Waals surface area (Å²) < 4.78 is 12.2. The molecule has 0 saturated carbocycles. The summed E-state index contributed by atoms with van der Waals surface area (Å²) in [5.41, 5.74) is 2.78. The maximum absolute atomic E-state index is 12.2. The van der Waals surface area contributed by atoms with Gasteiger partial charge in [0, 0.05) is 0 Å². The average Bonchev–Trinajstić information content (AvgIpc) is 2.98. The van der Waals surface area contributed by atoms with E-state index in [2.05, 4.69) is 10.3 Å². The van der Waals surface area contributed by atoms with Crippen molar-refractivity contribution >= 4 is 32.6 Å².